The SMILES string of the molecule is COCOCc1cc(Cl)ccc1BO. The lowest BCUT2D eigenvalue weighted by atomic mass is 9.85. The van der Waals surface area contributed by atoms with Gasteiger partial charge in [0.15, 0.2) is 0 Å². The minimum atomic E-state index is -0.0111. The van der Waals surface area contributed by atoms with Crippen LogP contribution in [0.15, 0.2) is 18.2 Å². The molecule has 0 heterocycles. The van der Waals surface area contributed by atoms with Crippen LogP contribution in [0.25, 0.3) is 0 Å². The fourth-order valence-corrected chi connectivity index (χ4v) is 1.31. The smallest absolute Gasteiger partial charge is 0.305 e. The van der Waals surface area contributed by atoms with Crippen molar-refractivity contribution in [1.82, 2.24) is 0 Å². The van der Waals surface area contributed by atoms with Crippen LogP contribution < -0.4 is 5.46 Å². The van der Waals surface area contributed by atoms with E-state index in [4.69, 9.17) is 26.1 Å². The Kier molecular flexibility index (Phi) is 4.97. The molecule has 0 aromatic heterocycles. The molecule has 0 saturated heterocycles. The fraction of sp³-hybridized carbons (Fsp3) is 0.333. The van der Waals surface area contributed by atoms with Crippen LogP contribution in [0.1, 0.15) is 5.56 Å². The first-order chi connectivity index (χ1) is 6.77. The van der Waals surface area contributed by atoms with Crippen molar-refractivity contribution in [2.24, 2.45) is 0 Å². The van der Waals surface area contributed by atoms with Crippen molar-refractivity contribution < 1.29 is 14.5 Å². The van der Waals surface area contributed by atoms with E-state index in [0.717, 1.165) is 11.0 Å². The molecule has 0 amide bonds. The number of halogens is 1. The zero-order chi connectivity index (χ0) is 10.4. The summed E-state index contributed by atoms with van der Waals surface area (Å²) >= 11 is 5.82. The Labute approximate surface area is 88.9 Å². The van der Waals surface area contributed by atoms with Gasteiger partial charge < -0.3 is 14.5 Å². The van der Waals surface area contributed by atoms with Crippen LogP contribution in [0.2, 0.25) is 5.02 Å². The molecule has 1 aromatic carbocycles. The molecule has 14 heavy (non-hydrogen) atoms. The molecule has 0 atom stereocenters. The van der Waals surface area contributed by atoms with Crippen molar-refractivity contribution in [2.75, 3.05) is 13.9 Å². The normalized spacial score (nSPS) is 10.2. The predicted molar refractivity (Wildman–Crippen MR) is 57.1 cm³/mol. The summed E-state index contributed by atoms with van der Waals surface area (Å²) in [5.74, 6) is 0. The van der Waals surface area contributed by atoms with E-state index < -0.39 is 0 Å². The Morgan fingerprint density at radius 3 is 2.93 bits per heavy atom. The van der Waals surface area contributed by atoms with E-state index in [1.807, 2.05) is 0 Å². The van der Waals surface area contributed by atoms with E-state index >= 15 is 0 Å². The lowest BCUT2D eigenvalue weighted by molar-refractivity contribution is -0.0388. The summed E-state index contributed by atoms with van der Waals surface area (Å²) in [7, 11) is 1.55. The molecule has 1 aromatic rings. The first-order valence-corrected chi connectivity index (χ1v) is 4.60. The summed E-state index contributed by atoms with van der Waals surface area (Å²) < 4.78 is 9.92. The maximum Gasteiger partial charge on any atom is 0.305 e. The predicted octanol–water partition coefficient (Wildman–Crippen LogP) is 0.430. The molecule has 0 bridgehead atoms. The molecule has 0 unspecified atom stereocenters. The van der Waals surface area contributed by atoms with E-state index in [9.17, 15) is 0 Å². The zero-order valence-electron chi connectivity index (χ0n) is 8.00. The van der Waals surface area contributed by atoms with Crippen LogP contribution in [-0.2, 0) is 16.1 Å². The quantitative estimate of drug-likeness (QED) is 0.439. The summed E-state index contributed by atoms with van der Waals surface area (Å²) in [6.07, 6.45) is 0. The van der Waals surface area contributed by atoms with E-state index in [1.54, 1.807) is 25.3 Å². The first-order valence-electron chi connectivity index (χ1n) is 4.22. The van der Waals surface area contributed by atoms with E-state index in [2.05, 4.69) is 0 Å². The number of hydrogen-bond acceptors (Lipinski definition) is 3. The molecule has 0 aliphatic heterocycles. The number of benzene rings is 1. The Balaban J connectivity index is 2.67. The standard InChI is InChI=1S/C9H12BClO3/c1-13-6-14-5-7-4-8(11)2-3-9(7)10-12/h2-4,10,12H,5-6H2,1H3. The number of methoxy groups -OCH3 is 1. The van der Waals surface area contributed by atoms with Crippen LogP contribution in [-0.4, -0.2) is 26.4 Å². The third-order valence-electron chi connectivity index (χ3n) is 1.80. The average molecular weight is 214 g/mol. The summed E-state index contributed by atoms with van der Waals surface area (Å²) in [5, 5.41) is 9.67. The van der Waals surface area contributed by atoms with Crippen molar-refractivity contribution >= 4 is 24.5 Å². The lowest BCUT2D eigenvalue weighted by Gasteiger charge is -2.07. The molecule has 0 aliphatic carbocycles. The molecule has 1 N–H and O–H groups in total. The van der Waals surface area contributed by atoms with Crippen molar-refractivity contribution in [3.05, 3.63) is 28.8 Å². The summed E-state index contributed by atoms with van der Waals surface area (Å²) in [6.45, 7) is 0.627. The monoisotopic (exact) mass is 214 g/mol. The molecule has 0 fully saturated rings. The molecular weight excluding hydrogens is 202 g/mol. The number of ether oxygens (including phenoxy) is 2. The van der Waals surface area contributed by atoms with Crippen LogP contribution in [0.3, 0.4) is 0 Å². The Morgan fingerprint density at radius 2 is 2.29 bits per heavy atom. The minimum Gasteiger partial charge on any atom is -0.449 e. The molecule has 5 heteroatoms. The van der Waals surface area contributed by atoms with Crippen LogP contribution in [0, 0.1) is 0 Å². The Morgan fingerprint density at radius 1 is 1.50 bits per heavy atom. The molecule has 0 saturated carbocycles. The van der Waals surface area contributed by atoms with Gasteiger partial charge in [-0.05, 0) is 23.2 Å². The van der Waals surface area contributed by atoms with E-state index in [1.165, 1.54) is 0 Å². The maximum absolute atomic E-state index is 9.04. The molecule has 1 rings (SSSR count). The molecule has 3 nitrogen and oxygen atoms in total. The molecule has 0 radical (unpaired) electrons. The lowest BCUT2D eigenvalue weighted by Crippen LogP contribution is -2.19. The summed E-state index contributed by atoms with van der Waals surface area (Å²) in [4.78, 5) is 0. The first kappa shape index (κ1) is 11.5. The van der Waals surface area contributed by atoms with Gasteiger partial charge in [0.25, 0.3) is 0 Å². The van der Waals surface area contributed by atoms with Gasteiger partial charge in [0.2, 0.25) is 0 Å². The fourth-order valence-electron chi connectivity index (χ4n) is 1.12. The Hall–Kier alpha value is -0.545. The zero-order valence-corrected chi connectivity index (χ0v) is 8.75. The van der Waals surface area contributed by atoms with Gasteiger partial charge in [-0.1, -0.05) is 17.7 Å². The highest BCUT2D eigenvalue weighted by molar-refractivity contribution is 6.46. The second kappa shape index (κ2) is 6.04. The van der Waals surface area contributed by atoms with Gasteiger partial charge in [0.05, 0.1) is 6.61 Å². The highest BCUT2D eigenvalue weighted by Gasteiger charge is 2.03. The highest BCUT2D eigenvalue weighted by atomic mass is 35.5. The third-order valence-corrected chi connectivity index (χ3v) is 2.03. The van der Waals surface area contributed by atoms with Gasteiger partial charge in [-0.3, -0.25) is 0 Å². The molecular formula is C9H12BClO3. The summed E-state index contributed by atoms with van der Waals surface area (Å²) in [5.41, 5.74) is 1.71. The average Bonchev–Trinajstić information content (AvgIpc) is 2.19. The van der Waals surface area contributed by atoms with Crippen molar-refractivity contribution in [3.8, 4) is 0 Å². The molecule has 0 aliphatic rings. The third kappa shape index (κ3) is 3.31. The molecule has 76 valence electrons. The van der Waals surface area contributed by atoms with Crippen molar-refractivity contribution in [1.29, 1.82) is 0 Å². The largest absolute Gasteiger partial charge is 0.449 e. The number of hydrogen-bond donors (Lipinski definition) is 1. The van der Waals surface area contributed by atoms with E-state index in [0.29, 0.717) is 11.6 Å². The van der Waals surface area contributed by atoms with Gasteiger partial charge in [0.1, 0.15) is 6.79 Å². The van der Waals surface area contributed by atoms with Crippen LogP contribution in [0.4, 0.5) is 0 Å². The van der Waals surface area contributed by atoms with Gasteiger partial charge in [0, 0.05) is 12.1 Å². The van der Waals surface area contributed by atoms with E-state index in [-0.39, 0.29) is 14.3 Å². The van der Waals surface area contributed by atoms with Crippen molar-refractivity contribution in [2.45, 2.75) is 6.61 Å². The van der Waals surface area contributed by atoms with Gasteiger partial charge in [-0.2, -0.15) is 0 Å². The van der Waals surface area contributed by atoms with Gasteiger partial charge in [-0.25, -0.2) is 0 Å². The maximum atomic E-state index is 9.04. The Bertz CT molecular complexity index is 293. The van der Waals surface area contributed by atoms with Gasteiger partial charge >= 0.3 is 7.48 Å². The van der Waals surface area contributed by atoms with Crippen molar-refractivity contribution in [3.63, 3.8) is 0 Å². The highest BCUT2D eigenvalue weighted by Crippen LogP contribution is 2.09. The van der Waals surface area contributed by atoms with Crippen LogP contribution in [0.5, 0.6) is 0 Å². The second-order valence-electron chi connectivity index (χ2n) is 2.83. The topological polar surface area (TPSA) is 38.7 Å². The van der Waals surface area contributed by atoms with Crippen LogP contribution >= 0.6 is 11.6 Å². The van der Waals surface area contributed by atoms with Gasteiger partial charge in [-0.15, -0.1) is 0 Å². The minimum absolute atomic E-state index is 0.0111. The summed E-state index contributed by atoms with van der Waals surface area (Å²) in [6, 6.07) is 5.31. The number of rotatable bonds is 5. The molecule has 0 spiro atoms. The second-order valence-corrected chi connectivity index (χ2v) is 3.26.